The second-order valence-corrected chi connectivity index (χ2v) is 8.04. The summed E-state index contributed by atoms with van der Waals surface area (Å²) in [5.41, 5.74) is 2.13. The van der Waals surface area contributed by atoms with Gasteiger partial charge in [0.15, 0.2) is 0 Å². The standard InChI is InChI=1S/C23H21ClN2O3S/c1-15(27)25-17-9-6-10-19(13-17)30-22(16-7-4-3-5-8-16)23(28)26-18-11-12-21(29-2)20(24)14-18/h3-14,22H,1-2H3,(H,25,27)(H,26,28). The van der Waals surface area contributed by atoms with E-state index in [2.05, 4.69) is 10.6 Å². The Morgan fingerprint density at radius 3 is 2.33 bits per heavy atom. The molecule has 0 bridgehead atoms. The normalized spacial score (nSPS) is 11.4. The maximum absolute atomic E-state index is 13.2. The number of nitrogens with one attached hydrogen (secondary N) is 2. The van der Waals surface area contributed by atoms with Crippen molar-refractivity contribution in [3.8, 4) is 5.75 Å². The number of hydrogen-bond donors (Lipinski definition) is 2. The van der Waals surface area contributed by atoms with E-state index in [0.29, 0.717) is 22.1 Å². The molecule has 0 fully saturated rings. The van der Waals surface area contributed by atoms with Gasteiger partial charge in [-0.1, -0.05) is 48.0 Å². The largest absolute Gasteiger partial charge is 0.495 e. The number of halogens is 1. The summed E-state index contributed by atoms with van der Waals surface area (Å²) in [5, 5.41) is 5.61. The predicted molar refractivity (Wildman–Crippen MR) is 122 cm³/mol. The lowest BCUT2D eigenvalue weighted by Gasteiger charge is -2.18. The van der Waals surface area contributed by atoms with Gasteiger partial charge >= 0.3 is 0 Å². The molecule has 0 aromatic heterocycles. The molecule has 3 aromatic carbocycles. The van der Waals surface area contributed by atoms with Crippen molar-refractivity contribution in [1.82, 2.24) is 0 Å². The summed E-state index contributed by atoms with van der Waals surface area (Å²) in [7, 11) is 1.54. The smallest absolute Gasteiger partial charge is 0.242 e. The van der Waals surface area contributed by atoms with Crippen molar-refractivity contribution >= 4 is 46.6 Å². The van der Waals surface area contributed by atoms with Gasteiger partial charge in [0.25, 0.3) is 0 Å². The monoisotopic (exact) mass is 440 g/mol. The van der Waals surface area contributed by atoms with Crippen LogP contribution in [-0.4, -0.2) is 18.9 Å². The van der Waals surface area contributed by atoms with Crippen LogP contribution < -0.4 is 15.4 Å². The van der Waals surface area contributed by atoms with Gasteiger partial charge in [0.2, 0.25) is 11.8 Å². The quantitative estimate of drug-likeness (QED) is 0.457. The van der Waals surface area contributed by atoms with Gasteiger partial charge in [0, 0.05) is 23.2 Å². The first-order valence-corrected chi connectivity index (χ1v) is 10.5. The van der Waals surface area contributed by atoms with Crippen LogP contribution in [-0.2, 0) is 9.59 Å². The zero-order chi connectivity index (χ0) is 21.5. The van der Waals surface area contributed by atoms with E-state index in [-0.39, 0.29) is 11.8 Å². The number of rotatable bonds is 7. The van der Waals surface area contributed by atoms with Gasteiger partial charge in [0.05, 0.1) is 12.1 Å². The third-order valence-corrected chi connectivity index (χ3v) is 5.71. The average Bonchev–Trinajstić information content (AvgIpc) is 2.72. The molecular formula is C23H21ClN2O3S. The third kappa shape index (κ3) is 5.78. The van der Waals surface area contributed by atoms with Gasteiger partial charge in [0.1, 0.15) is 11.0 Å². The Hall–Kier alpha value is -2.96. The first-order valence-electron chi connectivity index (χ1n) is 9.20. The number of amides is 2. The maximum Gasteiger partial charge on any atom is 0.242 e. The topological polar surface area (TPSA) is 67.4 Å². The van der Waals surface area contributed by atoms with Gasteiger partial charge in [-0.25, -0.2) is 0 Å². The molecule has 0 aliphatic heterocycles. The Balaban J connectivity index is 1.85. The second-order valence-electron chi connectivity index (χ2n) is 6.46. The highest BCUT2D eigenvalue weighted by molar-refractivity contribution is 8.00. The van der Waals surface area contributed by atoms with E-state index in [4.69, 9.17) is 16.3 Å². The minimum Gasteiger partial charge on any atom is -0.495 e. The maximum atomic E-state index is 13.2. The highest BCUT2D eigenvalue weighted by Crippen LogP contribution is 2.37. The molecule has 154 valence electrons. The Kier molecular flexibility index (Phi) is 7.38. The van der Waals surface area contributed by atoms with Crippen LogP contribution in [0.1, 0.15) is 17.7 Å². The Labute approximate surface area is 184 Å². The van der Waals surface area contributed by atoms with Crippen LogP contribution in [0.25, 0.3) is 0 Å². The molecule has 1 atom stereocenters. The van der Waals surface area contributed by atoms with Gasteiger partial charge in [-0.3, -0.25) is 9.59 Å². The fraction of sp³-hybridized carbons (Fsp3) is 0.130. The first kappa shape index (κ1) is 21.7. The van der Waals surface area contributed by atoms with Gasteiger partial charge in [-0.15, -0.1) is 11.8 Å². The molecule has 0 heterocycles. The molecule has 3 aromatic rings. The summed E-state index contributed by atoms with van der Waals surface area (Å²) in [6, 6.07) is 22.0. The van der Waals surface area contributed by atoms with Crippen molar-refractivity contribution in [1.29, 1.82) is 0 Å². The van der Waals surface area contributed by atoms with Crippen molar-refractivity contribution in [2.45, 2.75) is 17.1 Å². The number of thioether (sulfide) groups is 1. The summed E-state index contributed by atoms with van der Waals surface area (Å²) in [6.07, 6.45) is 0. The molecule has 0 saturated carbocycles. The van der Waals surface area contributed by atoms with E-state index in [0.717, 1.165) is 10.5 Å². The number of benzene rings is 3. The average molecular weight is 441 g/mol. The molecule has 0 aliphatic carbocycles. The number of carbonyl (C=O) groups is 2. The van der Waals surface area contributed by atoms with Crippen LogP contribution >= 0.6 is 23.4 Å². The van der Waals surface area contributed by atoms with Crippen molar-refractivity contribution in [2.24, 2.45) is 0 Å². The molecule has 0 aliphatic rings. The lowest BCUT2D eigenvalue weighted by molar-refractivity contribution is -0.116. The number of hydrogen-bond acceptors (Lipinski definition) is 4. The van der Waals surface area contributed by atoms with Crippen molar-refractivity contribution < 1.29 is 14.3 Å². The molecule has 0 saturated heterocycles. The highest BCUT2D eigenvalue weighted by atomic mass is 35.5. The van der Waals surface area contributed by atoms with E-state index < -0.39 is 5.25 Å². The van der Waals surface area contributed by atoms with E-state index in [1.807, 2.05) is 54.6 Å². The van der Waals surface area contributed by atoms with Crippen molar-refractivity contribution in [2.75, 3.05) is 17.7 Å². The number of methoxy groups -OCH3 is 1. The molecule has 2 amide bonds. The minimum absolute atomic E-state index is 0.147. The van der Waals surface area contributed by atoms with E-state index in [1.54, 1.807) is 18.2 Å². The van der Waals surface area contributed by atoms with Crippen LogP contribution in [0.4, 0.5) is 11.4 Å². The Morgan fingerprint density at radius 1 is 0.933 bits per heavy atom. The zero-order valence-corrected chi connectivity index (χ0v) is 18.1. The van der Waals surface area contributed by atoms with E-state index in [9.17, 15) is 9.59 Å². The minimum atomic E-state index is -0.500. The molecule has 1 unspecified atom stereocenters. The van der Waals surface area contributed by atoms with Crippen molar-refractivity contribution in [3.05, 3.63) is 83.4 Å². The fourth-order valence-electron chi connectivity index (χ4n) is 2.84. The number of anilines is 2. The number of ether oxygens (including phenoxy) is 1. The van der Waals surface area contributed by atoms with Gasteiger partial charge in [-0.05, 0) is 42.0 Å². The van der Waals surface area contributed by atoms with E-state index >= 15 is 0 Å². The summed E-state index contributed by atoms with van der Waals surface area (Å²) in [6.45, 7) is 1.46. The molecule has 5 nitrogen and oxygen atoms in total. The van der Waals surface area contributed by atoms with Gasteiger partial charge < -0.3 is 15.4 Å². The van der Waals surface area contributed by atoms with Crippen LogP contribution in [0.2, 0.25) is 5.02 Å². The first-order chi connectivity index (χ1) is 14.5. The molecule has 0 radical (unpaired) electrons. The summed E-state index contributed by atoms with van der Waals surface area (Å²) in [5.74, 6) is 0.210. The molecule has 3 rings (SSSR count). The molecular weight excluding hydrogens is 420 g/mol. The lowest BCUT2D eigenvalue weighted by atomic mass is 10.1. The summed E-state index contributed by atoms with van der Waals surface area (Å²) < 4.78 is 5.16. The number of carbonyl (C=O) groups excluding carboxylic acids is 2. The van der Waals surface area contributed by atoms with Crippen molar-refractivity contribution in [3.63, 3.8) is 0 Å². The second kappa shape index (κ2) is 10.2. The molecule has 30 heavy (non-hydrogen) atoms. The lowest BCUT2D eigenvalue weighted by Crippen LogP contribution is -2.19. The SMILES string of the molecule is COc1ccc(NC(=O)C(Sc2cccc(NC(C)=O)c2)c2ccccc2)cc1Cl. The molecule has 0 spiro atoms. The van der Waals surface area contributed by atoms with Crippen LogP contribution in [0.5, 0.6) is 5.75 Å². The van der Waals surface area contributed by atoms with E-state index in [1.165, 1.54) is 25.8 Å². The Morgan fingerprint density at radius 2 is 1.67 bits per heavy atom. The van der Waals surface area contributed by atoms with Crippen LogP contribution in [0, 0.1) is 0 Å². The van der Waals surface area contributed by atoms with Gasteiger partial charge in [-0.2, -0.15) is 0 Å². The molecule has 7 heteroatoms. The molecule has 2 N–H and O–H groups in total. The summed E-state index contributed by atoms with van der Waals surface area (Å²) in [4.78, 5) is 25.4. The highest BCUT2D eigenvalue weighted by Gasteiger charge is 2.22. The third-order valence-electron chi connectivity index (χ3n) is 4.17. The Bertz CT molecular complexity index is 1040. The van der Waals surface area contributed by atoms with Crippen LogP contribution in [0.3, 0.4) is 0 Å². The summed E-state index contributed by atoms with van der Waals surface area (Å²) >= 11 is 7.58. The predicted octanol–water partition coefficient (Wildman–Crippen LogP) is 5.78. The zero-order valence-electron chi connectivity index (χ0n) is 16.5. The van der Waals surface area contributed by atoms with Crippen LogP contribution in [0.15, 0.2) is 77.7 Å². The fourth-order valence-corrected chi connectivity index (χ4v) is 4.18.